The van der Waals surface area contributed by atoms with Crippen molar-refractivity contribution in [2.24, 2.45) is 4.99 Å². The van der Waals surface area contributed by atoms with Crippen LogP contribution in [0.1, 0.15) is 16.7 Å². The molecule has 5 nitrogen and oxygen atoms in total. The van der Waals surface area contributed by atoms with Crippen LogP contribution in [0.25, 0.3) is 0 Å². The van der Waals surface area contributed by atoms with Crippen LogP contribution in [-0.4, -0.2) is 32.1 Å². The van der Waals surface area contributed by atoms with Gasteiger partial charge in [-0.2, -0.15) is 5.26 Å². The molecule has 0 fully saturated rings. The smallest absolute Gasteiger partial charge is 0.193 e. The van der Waals surface area contributed by atoms with Gasteiger partial charge in [0.15, 0.2) is 17.5 Å². The maximum Gasteiger partial charge on any atom is 0.193 e. The van der Waals surface area contributed by atoms with Crippen molar-refractivity contribution in [2.45, 2.75) is 13.1 Å². The lowest BCUT2D eigenvalue weighted by atomic mass is 10.1. The van der Waals surface area contributed by atoms with Gasteiger partial charge in [-0.1, -0.05) is 18.2 Å². The van der Waals surface area contributed by atoms with Crippen LogP contribution >= 0.6 is 24.0 Å². The van der Waals surface area contributed by atoms with Gasteiger partial charge in [0.05, 0.1) is 18.7 Å². The Morgan fingerprint density at radius 1 is 1.27 bits per heavy atom. The summed E-state index contributed by atoms with van der Waals surface area (Å²) in [5, 5.41) is 12.2. The molecule has 2 aromatic carbocycles. The van der Waals surface area contributed by atoms with Crippen molar-refractivity contribution in [1.29, 1.82) is 5.26 Å². The number of aliphatic imine (C=N–C) groups is 1. The molecular formula is C19H22FIN4O. The standard InChI is InChI=1S/C19H21FN4O.HI/c1-22-19(23-12-15-6-4-5-14(9-15)11-21)24(2)13-16-7-8-18(25-3)17(20)10-16;/h4-10H,12-13H2,1-3H3,(H,22,23);1H. The van der Waals surface area contributed by atoms with Crippen molar-refractivity contribution < 1.29 is 9.13 Å². The zero-order valence-corrected chi connectivity index (χ0v) is 17.3. The molecule has 0 aliphatic heterocycles. The highest BCUT2D eigenvalue weighted by molar-refractivity contribution is 14.0. The van der Waals surface area contributed by atoms with Crippen LogP contribution in [-0.2, 0) is 13.1 Å². The molecule has 0 radical (unpaired) electrons. The highest BCUT2D eigenvalue weighted by atomic mass is 127. The van der Waals surface area contributed by atoms with Crippen molar-refractivity contribution in [3.63, 3.8) is 0 Å². The number of halogens is 2. The van der Waals surface area contributed by atoms with Crippen LogP contribution in [0.4, 0.5) is 4.39 Å². The molecule has 26 heavy (non-hydrogen) atoms. The van der Waals surface area contributed by atoms with E-state index in [9.17, 15) is 4.39 Å². The maximum absolute atomic E-state index is 13.8. The Bertz CT molecular complexity index is 804. The Hall–Kier alpha value is -2.34. The molecule has 0 saturated heterocycles. The first-order chi connectivity index (χ1) is 12.1. The number of hydrogen-bond donors (Lipinski definition) is 1. The van der Waals surface area contributed by atoms with Crippen LogP contribution < -0.4 is 10.1 Å². The van der Waals surface area contributed by atoms with E-state index in [2.05, 4.69) is 16.4 Å². The molecule has 0 aromatic heterocycles. The van der Waals surface area contributed by atoms with Gasteiger partial charge in [-0.3, -0.25) is 4.99 Å². The Morgan fingerprint density at radius 3 is 2.65 bits per heavy atom. The molecule has 0 amide bonds. The summed E-state index contributed by atoms with van der Waals surface area (Å²) in [5.41, 5.74) is 2.43. The fraction of sp³-hybridized carbons (Fsp3) is 0.263. The van der Waals surface area contributed by atoms with E-state index in [4.69, 9.17) is 10.00 Å². The molecule has 0 aliphatic carbocycles. The SMILES string of the molecule is CN=C(NCc1cccc(C#N)c1)N(C)Cc1ccc(OC)c(F)c1.I. The van der Waals surface area contributed by atoms with E-state index in [1.54, 1.807) is 19.2 Å². The Balaban J connectivity index is 0.00000338. The molecular weight excluding hydrogens is 446 g/mol. The van der Waals surface area contributed by atoms with Crippen LogP contribution in [0, 0.1) is 17.1 Å². The number of ether oxygens (including phenoxy) is 1. The van der Waals surface area contributed by atoms with Gasteiger partial charge in [-0.25, -0.2) is 4.39 Å². The van der Waals surface area contributed by atoms with Crippen LogP contribution in [0.5, 0.6) is 5.75 Å². The normalized spacial score (nSPS) is 10.5. The summed E-state index contributed by atoms with van der Waals surface area (Å²) in [6, 6.07) is 14.4. The zero-order chi connectivity index (χ0) is 18.2. The van der Waals surface area contributed by atoms with E-state index in [-0.39, 0.29) is 35.5 Å². The molecule has 0 aliphatic rings. The predicted molar refractivity (Wildman–Crippen MR) is 111 cm³/mol. The molecule has 0 saturated carbocycles. The summed E-state index contributed by atoms with van der Waals surface area (Å²) in [5.74, 6) is 0.523. The quantitative estimate of drug-likeness (QED) is 0.415. The summed E-state index contributed by atoms with van der Waals surface area (Å²) in [6.07, 6.45) is 0. The van der Waals surface area contributed by atoms with Gasteiger partial charge >= 0.3 is 0 Å². The number of hydrogen-bond acceptors (Lipinski definition) is 3. The lowest BCUT2D eigenvalue weighted by Crippen LogP contribution is -2.38. The first-order valence-electron chi connectivity index (χ1n) is 7.80. The van der Waals surface area contributed by atoms with Crippen LogP contribution in [0.3, 0.4) is 0 Å². The molecule has 138 valence electrons. The molecule has 0 heterocycles. The number of nitrogens with zero attached hydrogens (tertiary/aromatic N) is 3. The number of rotatable bonds is 5. The molecule has 7 heteroatoms. The number of benzene rings is 2. The van der Waals surface area contributed by atoms with Crippen LogP contribution in [0.2, 0.25) is 0 Å². The summed E-state index contributed by atoms with van der Waals surface area (Å²) in [4.78, 5) is 6.14. The van der Waals surface area contributed by atoms with E-state index in [0.29, 0.717) is 24.6 Å². The largest absolute Gasteiger partial charge is 0.494 e. The second-order valence-corrected chi connectivity index (χ2v) is 5.54. The second-order valence-electron chi connectivity index (χ2n) is 5.54. The minimum absolute atomic E-state index is 0. The number of methoxy groups -OCH3 is 1. The Kier molecular flexibility index (Phi) is 8.85. The minimum Gasteiger partial charge on any atom is -0.494 e. The summed E-state index contributed by atoms with van der Waals surface area (Å²) < 4.78 is 18.7. The molecule has 0 unspecified atom stereocenters. The summed E-state index contributed by atoms with van der Waals surface area (Å²) in [6.45, 7) is 1.04. The number of nitriles is 1. The molecule has 0 spiro atoms. The maximum atomic E-state index is 13.8. The predicted octanol–water partition coefficient (Wildman–Crippen LogP) is 3.53. The molecule has 2 rings (SSSR count). The van der Waals surface area contributed by atoms with Gasteiger partial charge < -0.3 is 15.0 Å². The van der Waals surface area contributed by atoms with Crippen molar-refractivity contribution in [1.82, 2.24) is 10.2 Å². The third-order valence-corrected chi connectivity index (χ3v) is 3.72. The average Bonchev–Trinajstić information content (AvgIpc) is 2.62. The fourth-order valence-corrected chi connectivity index (χ4v) is 2.47. The van der Waals surface area contributed by atoms with Crippen molar-refractivity contribution in [2.75, 3.05) is 21.2 Å². The van der Waals surface area contributed by atoms with Gasteiger partial charge in [0, 0.05) is 27.2 Å². The summed E-state index contributed by atoms with van der Waals surface area (Å²) >= 11 is 0. The molecule has 0 atom stereocenters. The third-order valence-electron chi connectivity index (χ3n) is 3.72. The minimum atomic E-state index is -0.385. The summed E-state index contributed by atoms with van der Waals surface area (Å²) in [7, 11) is 5.01. The first-order valence-corrected chi connectivity index (χ1v) is 7.80. The Labute approximate surface area is 170 Å². The monoisotopic (exact) mass is 468 g/mol. The number of guanidine groups is 1. The van der Waals surface area contributed by atoms with Crippen LogP contribution in [0.15, 0.2) is 47.5 Å². The van der Waals surface area contributed by atoms with E-state index in [1.807, 2.05) is 36.2 Å². The zero-order valence-electron chi connectivity index (χ0n) is 15.0. The van der Waals surface area contributed by atoms with Crippen molar-refractivity contribution in [3.8, 4) is 11.8 Å². The molecule has 1 N–H and O–H groups in total. The van der Waals surface area contributed by atoms with Gasteiger partial charge in [0.25, 0.3) is 0 Å². The average molecular weight is 468 g/mol. The first kappa shape index (κ1) is 21.7. The van der Waals surface area contributed by atoms with Crippen molar-refractivity contribution in [3.05, 3.63) is 65.0 Å². The fourth-order valence-electron chi connectivity index (χ4n) is 2.47. The highest BCUT2D eigenvalue weighted by Crippen LogP contribution is 2.18. The van der Waals surface area contributed by atoms with Crippen molar-refractivity contribution >= 4 is 29.9 Å². The lowest BCUT2D eigenvalue weighted by molar-refractivity contribution is 0.385. The molecule has 2 aromatic rings. The van der Waals surface area contributed by atoms with E-state index < -0.39 is 0 Å². The van der Waals surface area contributed by atoms with Gasteiger partial charge in [-0.05, 0) is 35.4 Å². The third kappa shape index (κ3) is 5.88. The van der Waals surface area contributed by atoms with Gasteiger partial charge in [-0.15, -0.1) is 24.0 Å². The van der Waals surface area contributed by atoms with E-state index >= 15 is 0 Å². The lowest BCUT2D eigenvalue weighted by Gasteiger charge is -2.22. The number of nitrogens with one attached hydrogen (secondary N) is 1. The Morgan fingerprint density at radius 2 is 2.04 bits per heavy atom. The van der Waals surface area contributed by atoms with E-state index in [0.717, 1.165) is 11.1 Å². The van der Waals surface area contributed by atoms with E-state index in [1.165, 1.54) is 13.2 Å². The topological polar surface area (TPSA) is 60.7 Å². The molecule has 0 bridgehead atoms. The van der Waals surface area contributed by atoms with Gasteiger partial charge in [0.1, 0.15) is 0 Å². The highest BCUT2D eigenvalue weighted by Gasteiger charge is 2.09. The second kappa shape index (κ2) is 10.6. The van der Waals surface area contributed by atoms with Gasteiger partial charge in [0.2, 0.25) is 0 Å².